The number of amides is 2. The maximum Gasteiger partial charge on any atom is 0.319 e. The van der Waals surface area contributed by atoms with Gasteiger partial charge in [-0.05, 0) is 23.6 Å². The van der Waals surface area contributed by atoms with Crippen LogP contribution in [0.25, 0.3) is 0 Å². The number of urea groups is 1. The van der Waals surface area contributed by atoms with E-state index in [1.807, 2.05) is 18.2 Å². The van der Waals surface area contributed by atoms with E-state index in [2.05, 4.69) is 0 Å². The Labute approximate surface area is 82.5 Å². The molecule has 1 heterocycles. The van der Waals surface area contributed by atoms with Crippen LogP contribution in [0.5, 0.6) is 0 Å². The van der Waals surface area contributed by atoms with Crippen LogP contribution in [-0.2, 0) is 13.0 Å². The average Bonchev–Trinajstić information content (AvgIpc) is 2.59. The number of hydrogen-bond acceptors (Lipinski definition) is 2. The van der Waals surface area contributed by atoms with Crippen molar-refractivity contribution in [1.82, 2.24) is 0 Å². The highest BCUT2D eigenvalue weighted by Gasteiger charge is 2.22. The standard InChI is InChI=1S/C10H13N3O/c11-6-7-1-2-9-8(5-7)3-4-13(9)10(12)14/h1-2,5H,3-4,6,11H2,(H2,12,14). The van der Waals surface area contributed by atoms with E-state index < -0.39 is 0 Å². The number of nitrogens with two attached hydrogens (primary N) is 2. The van der Waals surface area contributed by atoms with Crippen molar-refractivity contribution in [2.45, 2.75) is 13.0 Å². The maximum atomic E-state index is 11.0. The first-order valence-corrected chi connectivity index (χ1v) is 4.61. The van der Waals surface area contributed by atoms with Crippen LogP contribution in [-0.4, -0.2) is 12.6 Å². The molecule has 1 aliphatic heterocycles. The molecule has 4 heteroatoms. The molecule has 0 unspecified atom stereocenters. The number of carbonyl (C=O) groups excluding carboxylic acids is 1. The summed E-state index contributed by atoms with van der Waals surface area (Å²) in [6, 6.07) is 5.50. The van der Waals surface area contributed by atoms with Gasteiger partial charge in [0.1, 0.15) is 0 Å². The highest BCUT2D eigenvalue weighted by molar-refractivity contribution is 5.93. The fourth-order valence-electron chi connectivity index (χ4n) is 1.81. The zero-order valence-electron chi connectivity index (χ0n) is 7.86. The van der Waals surface area contributed by atoms with Gasteiger partial charge in [0, 0.05) is 18.8 Å². The molecule has 4 nitrogen and oxygen atoms in total. The molecule has 0 fully saturated rings. The second-order valence-electron chi connectivity index (χ2n) is 3.41. The van der Waals surface area contributed by atoms with Gasteiger partial charge in [-0.25, -0.2) is 4.79 Å². The fourth-order valence-corrected chi connectivity index (χ4v) is 1.81. The van der Waals surface area contributed by atoms with E-state index in [1.54, 1.807) is 4.90 Å². The van der Waals surface area contributed by atoms with Gasteiger partial charge in [0.25, 0.3) is 0 Å². The minimum atomic E-state index is -0.385. The first kappa shape index (κ1) is 9.02. The van der Waals surface area contributed by atoms with Gasteiger partial charge in [0.2, 0.25) is 0 Å². The summed E-state index contributed by atoms with van der Waals surface area (Å²) >= 11 is 0. The molecule has 1 aromatic carbocycles. The highest BCUT2D eigenvalue weighted by Crippen LogP contribution is 2.28. The van der Waals surface area contributed by atoms with Crippen molar-refractivity contribution in [2.75, 3.05) is 11.4 Å². The third-order valence-corrected chi connectivity index (χ3v) is 2.54. The van der Waals surface area contributed by atoms with Crippen LogP contribution >= 0.6 is 0 Å². The molecule has 0 bridgehead atoms. The van der Waals surface area contributed by atoms with Gasteiger partial charge in [-0.15, -0.1) is 0 Å². The number of rotatable bonds is 1. The van der Waals surface area contributed by atoms with Crippen molar-refractivity contribution in [3.8, 4) is 0 Å². The number of hydrogen-bond donors (Lipinski definition) is 2. The highest BCUT2D eigenvalue weighted by atomic mass is 16.2. The molecule has 4 N–H and O–H groups in total. The summed E-state index contributed by atoms with van der Waals surface area (Å²) in [7, 11) is 0. The first-order valence-electron chi connectivity index (χ1n) is 4.61. The van der Waals surface area contributed by atoms with Gasteiger partial charge >= 0.3 is 6.03 Å². The second-order valence-corrected chi connectivity index (χ2v) is 3.41. The van der Waals surface area contributed by atoms with E-state index in [0.717, 1.165) is 23.2 Å². The van der Waals surface area contributed by atoms with Crippen LogP contribution in [0.4, 0.5) is 10.5 Å². The molecular formula is C10H13N3O. The van der Waals surface area contributed by atoms with Crippen molar-refractivity contribution in [2.24, 2.45) is 11.5 Å². The van der Waals surface area contributed by atoms with Crippen LogP contribution in [0.3, 0.4) is 0 Å². The maximum absolute atomic E-state index is 11.0. The number of benzene rings is 1. The van der Waals surface area contributed by atoms with Gasteiger partial charge in [0.05, 0.1) is 0 Å². The summed E-state index contributed by atoms with van der Waals surface area (Å²) < 4.78 is 0. The van der Waals surface area contributed by atoms with Gasteiger partial charge in [-0.2, -0.15) is 0 Å². The Morgan fingerprint density at radius 2 is 2.29 bits per heavy atom. The molecule has 0 spiro atoms. The number of nitrogens with zero attached hydrogens (tertiary/aromatic N) is 1. The van der Waals surface area contributed by atoms with E-state index >= 15 is 0 Å². The molecule has 14 heavy (non-hydrogen) atoms. The normalized spacial score (nSPS) is 14.2. The summed E-state index contributed by atoms with van der Waals surface area (Å²) in [5.41, 5.74) is 14.0. The summed E-state index contributed by atoms with van der Waals surface area (Å²) in [4.78, 5) is 12.6. The third kappa shape index (κ3) is 1.33. The predicted molar refractivity (Wildman–Crippen MR) is 55.0 cm³/mol. The third-order valence-electron chi connectivity index (χ3n) is 2.54. The molecule has 0 aromatic heterocycles. The average molecular weight is 191 g/mol. The quantitative estimate of drug-likeness (QED) is 0.681. The van der Waals surface area contributed by atoms with Crippen LogP contribution in [0.2, 0.25) is 0 Å². The Morgan fingerprint density at radius 3 is 2.93 bits per heavy atom. The molecule has 2 rings (SSSR count). The summed E-state index contributed by atoms with van der Waals surface area (Å²) in [5.74, 6) is 0. The van der Waals surface area contributed by atoms with Crippen molar-refractivity contribution >= 4 is 11.7 Å². The van der Waals surface area contributed by atoms with Crippen molar-refractivity contribution in [3.63, 3.8) is 0 Å². The van der Waals surface area contributed by atoms with Crippen LogP contribution in [0.15, 0.2) is 18.2 Å². The fraction of sp³-hybridized carbons (Fsp3) is 0.300. The molecule has 0 aliphatic carbocycles. The molecule has 0 saturated heterocycles. The molecule has 0 saturated carbocycles. The van der Waals surface area contributed by atoms with Gasteiger partial charge in [-0.3, -0.25) is 4.90 Å². The van der Waals surface area contributed by atoms with E-state index in [1.165, 1.54) is 0 Å². The number of carbonyl (C=O) groups is 1. The zero-order valence-corrected chi connectivity index (χ0v) is 7.86. The summed E-state index contributed by atoms with van der Waals surface area (Å²) in [5, 5.41) is 0. The molecule has 2 amide bonds. The van der Waals surface area contributed by atoms with Crippen LogP contribution in [0.1, 0.15) is 11.1 Å². The molecule has 0 atom stereocenters. The first-order chi connectivity index (χ1) is 6.72. The Hall–Kier alpha value is -1.55. The SMILES string of the molecule is NCc1ccc2c(c1)CCN2C(N)=O. The van der Waals surface area contributed by atoms with E-state index in [9.17, 15) is 4.79 Å². The van der Waals surface area contributed by atoms with E-state index in [4.69, 9.17) is 11.5 Å². The number of anilines is 1. The monoisotopic (exact) mass is 191 g/mol. The lowest BCUT2D eigenvalue weighted by Gasteiger charge is -2.13. The van der Waals surface area contributed by atoms with Gasteiger partial charge < -0.3 is 11.5 Å². The van der Waals surface area contributed by atoms with Crippen LogP contribution in [0, 0.1) is 0 Å². The Kier molecular flexibility index (Phi) is 2.13. The Morgan fingerprint density at radius 1 is 1.50 bits per heavy atom. The number of primary amides is 1. The smallest absolute Gasteiger partial charge is 0.319 e. The molecule has 1 aromatic rings. The topological polar surface area (TPSA) is 72.3 Å². The van der Waals surface area contributed by atoms with Crippen molar-refractivity contribution < 1.29 is 4.79 Å². The Balaban J connectivity index is 2.38. The largest absolute Gasteiger partial charge is 0.351 e. The van der Waals surface area contributed by atoms with Crippen LogP contribution < -0.4 is 16.4 Å². The second kappa shape index (κ2) is 3.31. The Bertz CT molecular complexity index is 376. The molecule has 0 radical (unpaired) electrons. The molecule has 1 aliphatic rings. The number of fused-ring (bicyclic) bond motifs is 1. The lowest BCUT2D eigenvalue weighted by molar-refractivity contribution is 0.254. The minimum Gasteiger partial charge on any atom is -0.351 e. The van der Waals surface area contributed by atoms with E-state index in [0.29, 0.717) is 13.1 Å². The zero-order chi connectivity index (χ0) is 10.1. The lowest BCUT2D eigenvalue weighted by Crippen LogP contribution is -2.33. The van der Waals surface area contributed by atoms with E-state index in [-0.39, 0.29) is 6.03 Å². The summed E-state index contributed by atoms with van der Waals surface area (Å²) in [6.07, 6.45) is 0.867. The van der Waals surface area contributed by atoms with Crippen molar-refractivity contribution in [1.29, 1.82) is 0 Å². The van der Waals surface area contributed by atoms with Gasteiger partial charge in [0.15, 0.2) is 0 Å². The predicted octanol–water partition coefficient (Wildman–Crippen LogP) is 0.587. The molecular weight excluding hydrogens is 178 g/mol. The van der Waals surface area contributed by atoms with Crippen molar-refractivity contribution in [3.05, 3.63) is 29.3 Å². The van der Waals surface area contributed by atoms with Gasteiger partial charge in [-0.1, -0.05) is 12.1 Å². The summed E-state index contributed by atoms with van der Waals surface area (Å²) in [6.45, 7) is 1.21. The molecule has 74 valence electrons. The lowest BCUT2D eigenvalue weighted by atomic mass is 10.1. The minimum absolute atomic E-state index is 0.385.